The van der Waals surface area contributed by atoms with Gasteiger partial charge in [-0.1, -0.05) is 17.7 Å². The summed E-state index contributed by atoms with van der Waals surface area (Å²) in [6.45, 7) is 0.638. The van der Waals surface area contributed by atoms with Crippen molar-refractivity contribution in [2.24, 2.45) is 0 Å². The van der Waals surface area contributed by atoms with Crippen LogP contribution in [0.3, 0.4) is 0 Å². The van der Waals surface area contributed by atoms with Crippen molar-refractivity contribution in [3.05, 3.63) is 62.3 Å². The minimum absolute atomic E-state index is 0.336. The standard InChI is InChI=1S/C19H17BrClFO2S2/c20-14-9-12(2-3-16(14)22)18(23)19(25-6-1-7-26-19)13-8-11-4-5-24-17(11)15(21)10-13/h2-3,8-10,18,23H,1,4-7H2. The summed E-state index contributed by atoms with van der Waals surface area (Å²) < 4.78 is 19.1. The third-order valence-electron chi connectivity index (χ3n) is 4.68. The van der Waals surface area contributed by atoms with Gasteiger partial charge in [0.2, 0.25) is 0 Å². The summed E-state index contributed by atoms with van der Waals surface area (Å²) in [7, 11) is 0. The van der Waals surface area contributed by atoms with E-state index in [2.05, 4.69) is 22.0 Å². The first kappa shape index (κ1) is 18.9. The zero-order chi connectivity index (χ0) is 18.3. The molecule has 1 saturated heterocycles. The molecule has 0 aliphatic carbocycles. The van der Waals surface area contributed by atoms with E-state index in [1.807, 2.05) is 6.07 Å². The van der Waals surface area contributed by atoms with Crippen LogP contribution in [0.15, 0.2) is 34.8 Å². The largest absolute Gasteiger partial charge is 0.491 e. The highest BCUT2D eigenvalue weighted by atomic mass is 79.9. The quantitative estimate of drug-likeness (QED) is 0.595. The van der Waals surface area contributed by atoms with Crippen LogP contribution in [0.25, 0.3) is 0 Å². The predicted molar refractivity (Wildman–Crippen MR) is 111 cm³/mol. The van der Waals surface area contributed by atoms with Crippen molar-refractivity contribution in [1.29, 1.82) is 0 Å². The zero-order valence-electron chi connectivity index (χ0n) is 13.8. The number of aliphatic hydroxyl groups is 1. The van der Waals surface area contributed by atoms with E-state index < -0.39 is 10.2 Å². The summed E-state index contributed by atoms with van der Waals surface area (Å²) in [6.07, 6.45) is 1.14. The van der Waals surface area contributed by atoms with E-state index in [-0.39, 0.29) is 5.82 Å². The molecule has 0 spiro atoms. The molecule has 1 N–H and O–H groups in total. The molecule has 2 aromatic rings. The Morgan fingerprint density at radius 2 is 2.00 bits per heavy atom. The third kappa shape index (κ3) is 3.28. The summed E-state index contributed by atoms with van der Waals surface area (Å²) >= 11 is 13.2. The molecule has 0 aromatic heterocycles. The Hall–Kier alpha value is -0.400. The molecule has 1 unspecified atom stereocenters. The first-order chi connectivity index (χ1) is 12.5. The first-order valence-corrected chi connectivity index (χ1v) is 11.5. The second kappa shape index (κ2) is 7.55. The number of halogens is 3. The lowest BCUT2D eigenvalue weighted by molar-refractivity contribution is 0.163. The van der Waals surface area contributed by atoms with Crippen LogP contribution in [0.2, 0.25) is 5.02 Å². The molecule has 2 heterocycles. The summed E-state index contributed by atoms with van der Waals surface area (Å²) in [5.74, 6) is 2.34. The molecular weight excluding hydrogens is 459 g/mol. The second-order valence-electron chi connectivity index (χ2n) is 6.34. The minimum Gasteiger partial charge on any atom is -0.491 e. The Morgan fingerprint density at radius 3 is 2.73 bits per heavy atom. The summed E-state index contributed by atoms with van der Waals surface area (Å²) in [4.78, 5) is 0. The van der Waals surface area contributed by atoms with Gasteiger partial charge in [-0.25, -0.2) is 4.39 Å². The molecule has 1 fully saturated rings. The summed E-state index contributed by atoms with van der Waals surface area (Å²) in [6, 6.07) is 8.73. The highest BCUT2D eigenvalue weighted by Gasteiger charge is 2.44. The molecule has 0 amide bonds. The van der Waals surface area contributed by atoms with Gasteiger partial charge in [0, 0.05) is 6.42 Å². The second-order valence-corrected chi connectivity index (χ2v) is 10.5. The molecule has 26 heavy (non-hydrogen) atoms. The van der Waals surface area contributed by atoms with E-state index in [4.69, 9.17) is 16.3 Å². The summed E-state index contributed by atoms with van der Waals surface area (Å²) in [5, 5.41) is 11.9. The SMILES string of the molecule is OC(c1ccc(F)c(Br)c1)C1(c2cc(Cl)c3c(c2)CCO3)SCCCS1. The average Bonchev–Trinajstić information content (AvgIpc) is 3.13. The van der Waals surface area contributed by atoms with Gasteiger partial charge < -0.3 is 9.84 Å². The van der Waals surface area contributed by atoms with Gasteiger partial charge in [-0.15, -0.1) is 23.5 Å². The lowest BCUT2D eigenvalue weighted by Crippen LogP contribution is -2.30. The maximum Gasteiger partial charge on any atom is 0.141 e. The molecule has 7 heteroatoms. The lowest BCUT2D eigenvalue weighted by Gasteiger charge is -2.40. The van der Waals surface area contributed by atoms with Crippen LogP contribution < -0.4 is 4.74 Å². The van der Waals surface area contributed by atoms with Crippen molar-refractivity contribution >= 4 is 51.1 Å². The smallest absolute Gasteiger partial charge is 0.141 e. The fourth-order valence-corrected chi connectivity index (χ4v) is 7.44. The number of rotatable bonds is 3. The lowest BCUT2D eigenvalue weighted by atomic mass is 9.97. The molecule has 4 rings (SSSR count). The van der Waals surface area contributed by atoms with Crippen molar-refractivity contribution in [2.75, 3.05) is 18.1 Å². The summed E-state index contributed by atoms with van der Waals surface area (Å²) in [5.41, 5.74) is 2.77. The Morgan fingerprint density at radius 1 is 1.23 bits per heavy atom. The number of hydrogen-bond donors (Lipinski definition) is 1. The van der Waals surface area contributed by atoms with Crippen molar-refractivity contribution in [3.63, 3.8) is 0 Å². The van der Waals surface area contributed by atoms with Gasteiger partial charge >= 0.3 is 0 Å². The van der Waals surface area contributed by atoms with Crippen molar-refractivity contribution < 1.29 is 14.2 Å². The minimum atomic E-state index is -0.786. The van der Waals surface area contributed by atoms with E-state index in [1.54, 1.807) is 35.7 Å². The normalized spacial score (nSPS) is 19.7. The Bertz CT molecular complexity index is 843. The van der Waals surface area contributed by atoms with Crippen LogP contribution in [0.1, 0.15) is 29.2 Å². The molecular formula is C19H17BrClFO2S2. The third-order valence-corrected chi connectivity index (χ3v) is 9.04. The average molecular weight is 476 g/mol. The fraction of sp³-hybridized carbons (Fsp3) is 0.368. The topological polar surface area (TPSA) is 29.5 Å². The Labute approximate surface area is 174 Å². The van der Waals surface area contributed by atoms with Gasteiger partial charge in [0.05, 0.1) is 16.1 Å². The number of fused-ring (bicyclic) bond motifs is 1. The zero-order valence-corrected chi connectivity index (χ0v) is 17.8. The van der Waals surface area contributed by atoms with E-state index in [0.29, 0.717) is 21.7 Å². The first-order valence-electron chi connectivity index (χ1n) is 8.38. The molecule has 2 nitrogen and oxygen atoms in total. The van der Waals surface area contributed by atoms with Crippen molar-refractivity contribution in [1.82, 2.24) is 0 Å². The van der Waals surface area contributed by atoms with Crippen LogP contribution in [0.4, 0.5) is 4.39 Å². The van der Waals surface area contributed by atoms with Gasteiger partial charge in [-0.3, -0.25) is 0 Å². The van der Waals surface area contributed by atoms with Gasteiger partial charge in [-0.05, 0) is 74.8 Å². The van der Waals surface area contributed by atoms with Crippen LogP contribution >= 0.6 is 51.1 Å². The fourth-order valence-electron chi connectivity index (χ4n) is 3.39. The number of thioether (sulfide) groups is 2. The van der Waals surface area contributed by atoms with Gasteiger partial charge in [0.15, 0.2) is 0 Å². The predicted octanol–water partition coefficient (Wildman–Crippen LogP) is 5.93. The molecule has 0 bridgehead atoms. The van der Waals surface area contributed by atoms with Crippen molar-refractivity contribution in [2.45, 2.75) is 23.0 Å². The number of benzene rings is 2. The number of aliphatic hydroxyl groups excluding tert-OH is 1. The van der Waals surface area contributed by atoms with Gasteiger partial charge in [-0.2, -0.15) is 0 Å². The number of ether oxygens (including phenoxy) is 1. The molecule has 0 saturated carbocycles. The highest BCUT2D eigenvalue weighted by Crippen LogP contribution is 2.58. The van der Waals surface area contributed by atoms with Crippen LogP contribution in [0.5, 0.6) is 5.75 Å². The van der Waals surface area contributed by atoms with E-state index in [1.165, 1.54) is 6.07 Å². The van der Waals surface area contributed by atoms with Gasteiger partial charge in [0.25, 0.3) is 0 Å². The van der Waals surface area contributed by atoms with Crippen LogP contribution in [-0.2, 0) is 10.5 Å². The van der Waals surface area contributed by atoms with Crippen molar-refractivity contribution in [3.8, 4) is 5.75 Å². The molecule has 1 atom stereocenters. The molecule has 0 radical (unpaired) electrons. The highest BCUT2D eigenvalue weighted by molar-refractivity contribution is 9.10. The molecule has 2 aliphatic heterocycles. The molecule has 138 valence electrons. The van der Waals surface area contributed by atoms with Crippen LogP contribution in [0, 0.1) is 5.82 Å². The maximum absolute atomic E-state index is 13.7. The Kier molecular flexibility index (Phi) is 5.50. The Balaban J connectivity index is 1.81. The molecule has 2 aliphatic rings. The number of hydrogen-bond acceptors (Lipinski definition) is 4. The van der Waals surface area contributed by atoms with E-state index in [9.17, 15) is 9.50 Å². The van der Waals surface area contributed by atoms with Gasteiger partial charge in [0.1, 0.15) is 21.7 Å². The van der Waals surface area contributed by atoms with E-state index in [0.717, 1.165) is 41.2 Å². The maximum atomic E-state index is 13.7. The monoisotopic (exact) mass is 474 g/mol. The van der Waals surface area contributed by atoms with Crippen LogP contribution in [-0.4, -0.2) is 23.2 Å². The van der Waals surface area contributed by atoms with E-state index >= 15 is 0 Å². The molecule has 2 aromatic carbocycles.